The summed E-state index contributed by atoms with van der Waals surface area (Å²) in [5, 5.41) is 48.3. The van der Waals surface area contributed by atoms with Gasteiger partial charge in [0, 0.05) is 45.2 Å². The van der Waals surface area contributed by atoms with Gasteiger partial charge in [0.15, 0.2) is 17.9 Å². The average molecular weight is 1340 g/mol. The summed E-state index contributed by atoms with van der Waals surface area (Å²) in [5.41, 5.74) is 42.7. The van der Waals surface area contributed by atoms with Gasteiger partial charge >= 0.3 is 5.97 Å². The Morgan fingerprint density at radius 2 is 1.09 bits per heavy atom. The lowest BCUT2D eigenvalue weighted by molar-refractivity contribution is -0.148. The van der Waals surface area contributed by atoms with Crippen LogP contribution in [0.5, 0.6) is 0 Å². The van der Waals surface area contributed by atoms with E-state index in [1.54, 1.807) is 0 Å². The number of β-amino-alcohol motifs (C(OH)–C–C–N with tert-alkyl or cyclic N) is 1. The normalized spacial score (nSPS) is 22.3. The van der Waals surface area contributed by atoms with E-state index in [4.69, 9.17) is 40.1 Å². The van der Waals surface area contributed by atoms with Crippen molar-refractivity contribution in [2.45, 2.75) is 182 Å². The Labute approximate surface area is 556 Å². The van der Waals surface area contributed by atoms with E-state index in [1.807, 2.05) is 48.5 Å². The second-order valence-corrected chi connectivity index (χ2v) is 26.0. The standard InChI is InChI=1S/C64H95N19O13/c65-42(16-7-21-72-62(66)67)53(87)76-43(17-8-22-73-63(68)69)58(92)81-24-10-20-47(81)59(93)82-32-41(85)30-48(82)55(89)75-31-50(86)79-51(39-25-34-11-1-2-12-35(34)26-39)57(91)78-45(33-84)54(88)80-52(40-27-36-13-3-4-14-37(36)28-40)60(94)83-46-19-6-5-15-38(46)29-49(83)56(90)77-44(61(95)96)18-9-23-74-64(70)71/h1-4,11-14,38-49,51-52,84-85H,5-10,15-33,65H2,(H,75,89)(H,76,87)(H,77,90)(H,78,91)(H,79,86)(H,80,88)(H,95,96)(H4,66,67,72)(H4,68,69,73)(H4,70,71,74)/t38-,41?,42+,43-,44-,45-,46-,47-,48-,49-,51-,52+/m0/s1. The van der Waals surface area contributed by atoms with Gasteiger partial charge in [-0.05, 0) is 136 Å². The Hall–Kier alpha value is -9.17. The van der Waals surface area contributed by atoms with Crippen LogP contribution in [0, 0.1) is 17.8 Å². The number of fused-ring (bicyclic) bond motifs is 3. The van der Waals surface area contributed by atoms with Crippen molar-refractivity contribution < 1.29 is 63.3 Å². The molecule has 0 radical (unpaired) electrons. The Morgan fingerprint density at radius 1 is 0.552 bits per heavy atom. The predicted molar refractivity (Wildman–Crippen MR) is 352 cm³/mol. The summed E-state index contributed by atoms with van der Waals surface area (Å²) in [7, 11) is 0. The molecule has 6 aliphatic rings. The van der Waals surface area contributed by atoms with Crippen LogP contribution in [-0.2, 0) is 73.6 Å². The van der Waals surface area contributed by atoms with Gasteiger partial charge in [-0.3, -0.25) is 58.1 Å². The van der Waals surface area contributed by atoms with Crippen LogP contribution in [0.1, 0.15) is 112 Å². The molecule has 23 N–H and O–H groups in total. The Morgan fingerprint density at radius 3 is 1.66 bits per heavy atom. The molecule has 3 saturated heterocycles. The molecule has 1 saturated carbocycles. The van der Waals surface area contributed by atoms with Crippen LogP contribution in [0.3, 0.4) is 0 Å². The number of nitrogens with zero attached hydrogens (tertiary/aromatic N) is 6. The largest absolute Gasteiger partial charge is 0.480 e. The predicted octanol–water partition coefficient (Wildman–Crippen LogP) is -4.97. The van der Waals surface area contributed by atoms with Gasteiger partial charge in [0.05, 0.1) is 25.3 Å². The number of nitrogens with one attached hydrogen (secondary N) is 6. The zero-order chi connectivity index (χ0) is 69.3. The highest BCUT2D eigenvalue weighted by atomic mass is 16.4. The number of aliphatic hydroxyl groups is 2. The summed E-state index contributed by atoms with van der Waals surface area (Å²) >= 11 is 0. The minimum absolute atomic E-state index is 0.00231. The molecule has 0 aromatic heterocycles. The van der Waals surface area contributed by atoms with Crippen molar-refractivity contribution in [1.29, 1.82) is 0 Å². The molecule has 524 valence electrons. The van der Waals surface area contributed by atoms with Gasteiger partial charge in [0.1, 0.15) is 48.3 Å². The van der Waals surface area contributed by atoms with E-state index in [1.165, 1.54) is 9.80 Å². The summed E-state index contributed by atoms with van der Waals surface area (Å²) in [6.45, 7) is -1.34. The second kappa shape index (κ2) is 34.0. The molecule has 9 amide bonds. The molecule has 4 fully saturated rings. The fourth-order valence-electron chi connectivity index (χ4n) is 14.5. The molecule has 8 rings (SSSR count). The van der Waals surface area contributed by atoms with Crippen molar-refractivity contribution in [2.75, 3.05) is 45.9 Å². The molecule has 96 heavy (non-hydrogen) atoms. The first-order chi connectivity index (χ1) is 45.9. The number of likely N-dealkylation sites (tertiary alicyclic amines) is 3. The van der Waals surface area contributed by atoms with E-state index in [0.29, 0.717) is 44.9 Å². The van der Waals surface area contributed by atoms with Gasteiger partial charge in [-0.15, -0.1) is 0 Å². The van der Waals surface area contributed by atoms with E-state index in [0.717, 1.165) is 46.4 Å². The quantitative estimate of drug-likeness (QED) is 0.0191. The molecule has 3 aliphatic carbocycles. The van der Waals surface area contributed by atoms with E-state index in [-0.39, 0.29) is 108 Å². The number of carbonyl (C=O) groups is 10. The SMILES string of the molecule is NC(N)=NCCC[C@@H](N)C(=O)N[C@@H](CCCN=C(N)N)C(=O)N1CCC[C@H]1C(=O)N1CC(O)C[C@H]1C(=O)NCC(=O)N[C@H](C(=O)N[C@@H](CO)C(=O)N[C@@H](C(=O)N1[C@H](C(=O)N[C@@H](CCCN=C(N)N)C(=O)O)C[C@@H]2CCCC[C@@H]21)C1Cc2ccccc2C1)C1Cc2ccccc2C1. The summed E-state index contributed by atoms with van der Waals surface area (Å²) in [5.74, 6) is -9.52. The molecule has 2 aromatic rings. The molecule has 0 bridgehead atoms. The number of aliphatic imine (C=N–C) groups is 3. The smallest absolute Gasteiger partial charge is 0.326 e. The third kappa shape index (κ3) is 18.9. The Balaban J connectivity index is 0.950. The fraction of sp³-hybridized carbons (Fsp3) is 0.609. The van der Waals surface area contributed by atoms with Crippen LogP contribution >= 0.6 is 0 Å². The summed E-state index contributed by atoms with van der Waals surface area (Å²) in [6, 6.07) is 3.25. The Bertz CT molecular complexity index is 3200. The van der Waals surface area contributed by atoms with E-state index >= 15 is 4.79 Å². The maximum absolute atomic E-state index is 15.5. The van der Waals surface area contributed by atoms with Gasteiger partial charge in [-0.1, -0.05) is 61.4 Å². The zero-order valence-electron chi connectivity index (χ0n) is 54.0. The number of amides is 9. The molecule has 3 aliphatic heterocycles. The fourth-order valence-corrected chi connectivity index (χ4v) is 14.5. The van der Waals surface area contributed by atoms with Crippen LogP contribution in [0.4, 0.5) is 0 Å². The topological polar surface area (TPSA) is 533 Å². The number of hydrogen-bond donors (Lipinski definition) is 16. The van der Waals surface area contributed by atoms with Crippen molar-refractivity contribution >= 4 is 77.0 Å². The van der Waals surface area contributed by atoms with Crippen molar-refractivity contribution in [3.8, 4) is 0 Å². The van der Waals surface area contributed by atoms with E-state index < -0.39 is 151 Å². The molecule has 0 spiro atoms. The van der Waals surface area contributed by atoms with Crippen LogP contribution in [-0.4, -0.2) is 219 Å². The second-order valence-electron chi connectivity index (χ2n) is 26.0. The van der Waals surface area contributed by atoms with Gasteiger partial charge in [-0.25, -0.2) is 4.79 Å². The van der Waals surface area contributed by atoms with Crippen molar-refractivity contribution in [3.05, 3.63) is 70.8 Å². The number of guanidine groups is 3. The van der Waals surface area contributed by atoms with Crippen LogP contribution in [0.25, 0.3) is 0 Å². The number of carbonyl (C=O) groups excluding carboxylic acids is 9. The minimum Gasteiger partial charge on any atom is -0.480 e. The monoisotopic (exact) mass is 1340 g/mol. The highest BCUT2D eigenvalue weighted by molar-refractivity contribution is 5.99. The summed E-state index contributed by atoms with van der Waals surface area (Å²) in [4.78, 5) is 158. The zero-order valence-corrected chi connectivity index (χ0v) is 54.0. The van der Waals surface area contributed by atoms with Crippen LogP contribution in [0.2, 0.25) is 0 Å². The van der Waals surface area contributed by atoms with E-state index in [2.05, 4.69) is 46.9 Å². The molecule has 12 atom stereocenters. The van der Waals surface area contributed by atoms with Gasteiger partial charge < -0.3 is 102 Å². The van der Waals surface area contributed by atoms with Crippen LogP contribution in [0.15, 0.2) is 63.5 Å². The van der Waals surface area contributed by atoms with Gasteiger partial charge in [-0.2, -0.15) is 0 Å². The number of rotatable bonds is 31. The average Bonchev–Trinajstić information content (AvgIpc) is 1.59. The maximum atomic E-state index is 15.5. The van der Waals surface area contributed by atoms with E-state index in [9.17, 15) is 58.5 Å². The lowest BCUT2D eigenvalue weighted by atomic mass is 9.84. The number of carboxylic acid groups (broad SMARTS) is 1. The summed E-state index contributed by atoms with van der Waals surface area (Å²) < 4.78 is 0. The van der Waals surface area contributed by atoms with Crippen molar-refractivity contribution in [3.63, 3.8) is 0 Å². The van der Waals surface area contributed by atoms with Crippen molar-refractivity contribution in [1.82, 2.24) is 46.6 Å². The minimum atomic E-state index is -1.68. The van der Waals surface area contributed by atoms with Crippen LogP contribution < -0.4 is 72.0 Å². The molecule has 32 nitrogen and oxygen atoms in total. The first-order valence-corrected chi connectivity index (χ1v) is 33.2. The highest BCUT2D eigenvalue weighted by Gasteiger charge is 2.52. The first kappa shape index (κ1) is 72.7. The molecule has 32 heteroatoms. The number of benzene rings is 2. The lowest BCUT2D eigenvalue weighted by Crippen LogP contribution is -2.62. The molecular formula is C64H95N19O13. The number of hydrogen-bond acceptors (Lipinski definition) is 16. The Kier molecular flexibility index (Phi) is 25.7. The number of aliphatic hydroxyl groups excluding tert-OH is 2. The highest BCUT2D eigenvalue weighted by Crippen LogP contribution is 2.42. The maximum Gasteiger partial charge on any atom is 0.326 e. The third-order valence-corrected chi connectivity index (χ3v) is 19.3. The number of aliphatic carboxylic acids is 1. The lowest BCUT2D eigenvalue weighted by Gasteiger charge is -2.38. The molecule has 3 heterocycles. The molecular weight excluding hydrogens is 1240 g/mol. The van der Waals surface area contributed by atoms with Gasteiger partial charge in [0.2, 0.25) is 53.2 Å². The first-order valence-electron chi connectivity index (χ1n) is 33.2. The van der Waals surface area contributed by atoms with Gasteiger partial charge in [0.25, 0.3) is 0 Å². The molecule has 1 unspecified atom stereocenters. The third-order valence-electron chi connectivity index (χ3n) is 19.3. The molecule has 2 aromatic carbocycles. The number of carboxylic acids is 1. The number of nitrogens with two attached hydrogens (primary N) is 7. The van der Waals surface area contributed by atoms with Crippen molar-refractivity contribution in [2.24, 2.45) is 72.9 Å². The summed E-state index contributed by atoms with van der Waals surface area (Å²) in [6.07, 6.45) is 4.82.